The molecule has 11 N–H and O–H groups in total. The lowest BCUT2D eigenvalue weighted by atomic mass is 9.74. The van der Waals surface area contributed by atoms with Crippen LogP contribution in [0.25, 0.3) is 0 Å². The van der Waals surface area contributed by atoms with Gasteiger partial charge >= 0.3 is 35.8 Å². The summed E-state index contributed by atoms with van der Waals surface area (Å²) in [5.74, 6) is -13.5. The summed E-state index contributed by atoms with van der Waals surface area (Å²) in [7, 11) is 1.20. The number of carbonyl (C=O) groups is 9. The second-order valence-electron chi connectivity index (χ2n) is 17.5. The monoisotopic (exact) mass is 1100 g/mol. The van der Waals surface area contributed by atoms with Gasteiger partial charge < -0.3 is 84.9 Å². The second-order valence-corrected chi connectivity index (χ2v) is 20.7. The number of aliphatic carboxylic acids is 3. The zero-order valence-electron chi connectivity index (χ0n) is 41.0. The number of thiocarbonyl (C=S) groups is 1. The highest BCUT2D eigenvalue weighted by Crippen LogP contribution is 2.42. The van der Waals surface area contributed by atoms with Gasteiger partial charge in [-0.25, -0.2) is 19.2 Å². The maximum atomic E-state index is 14.7. The molecule has 15 atom stereocenters. The fourth-order valence-electron chi connectivity index (χ4n) is 7.94. The number of Topliss-reactive ketones (excluding diaryl/α,β-unsaturated/α-hetero) is 1. The van der Waals surface area contributed by atoms with Crippen molar-refractivity contribution in [2.45, 2.75) is 158 Å². The Hall–Kier alpha value is -5.05. The Kier molecular flexibility index (Phi) is 22.5. The molecule has 0 aromatic heterocycles. The van der Waals surface area contributed by atoms with Gasteiger partial charge in [0.2, 0.25) is 11.8 Å². The highest BCUT2D eigenvalue weighted by Gasteiger charge is 2.62. The zero-order valence-corrected chi connectivity index (χ0v) is 43.5. The molecule has 0 saturated carbocycles. The van der Waals surface area contributed by atoms with E-state index in [4.69, 9.17) is 50.8 Å². The molecule has 0 aromatic carbocycles. The maximum Gasteiger partial charge on any atom is 0.341 e. The van der Waals surface area contributed by atoms with Crippen LogP contribution in [0.5, 0.6) is 0 Å². The van der Waals surface area contributed by atoms with Crippen molar-refractivity contribution in [3.05, 3.63) is 11.3 Å². The molecule has 1 aliphatic carbocycles. The number of aliphatic hydroxyl groups excluding tert-OH is 2. The number of carboxylic acid groups (broad SMARTS) is 3. The van der Waals surface area contributed by atoms with Crippen molar-refractivity contribution >= 4 is 99.2 Å². The number of rotatable bonds is 23. The number of hydrogen-bond acceptors (Lipinski definition) is 24. The van der Waals surface area contributed by atoms with Gasteiger partial charge in [0, 0.05) is 51.1 Å². The third-order valence-electron chi connectivity index (χ3n) is 11.8. The Labute approximate surface area is 431 Å². The molecule has 2 aliphatic heterocycles. The van der Waals surface area contributed by atoms with E-state index in [0.717, 1.165) is 32.5 Å². The molecule has 2 saturated heterocycles. The van der Waals surface area contributed by atoms with Gasteiger partial charge in [-0.15, -0.1) is 0 Å². The first-order valence-electron chi connectivity index (χ1n) is 22.3. The number of hydrogen-bond donors (Lipinski definition) is 11. The molecule has 2 amide bonds. The van der Waals surface area contributed by atoms with Crippen molar-refractivity contribution in [3.8, 4) is 0 Å². The molecule has 2 heterocycles. The van der Waals surface area contributed by atoms with Gasteiger partial charge in [0.15, 0.2) is 29.4 Å². The van der Waals surface area contributed by atoms with Crippen LogP contribution in [0.4, 0.5) is 0 Å². The van der Waals surface area contributed by atoms with Crippen molar-refractivity contribution in [1.82, 2.24) is 16.0 Å². The molecule has 27 nitrogen and oxygen atoms in total. The van der Waals surface area contributed by atoms with Crippen LogP contribution < -0.4 is 16.0 Å². The summed E-state index contributed by atoms with van der Waals surface area (Å²) < 4.78 is 40.6. The van der Waals surface area contributed by atoms with Gasteiger partial charge in [0.05, 0.1) is 24.5 Å². The highest BCUT2D eigenvalue weighted by atomic mass is 32.2. The van der Waals surface area contributed by atoms with Crippen LogP contribution in [0.3, 0.4) is 0 Å². The number of ketones is 1. The second kappa shape index (κ2) is 26.4. The van der Waals surface area contributed by atoms with E-state index >= 15 is 0 Å². The van der Waals surface area contributed by atoms with Crippen LogP contribution in [-0.4, -0.2) is 214 Å². The lowest BCUT2D eigenvalue weighted by molar-refractivity contribution is -0.345. The number of thioether (sulfide) groups is 2. The number of carbonyl (C=O) groups excluding carboxylic acids is 6. The van der Waals surface area contributed by atoms with E-state index in [2.05, 4.69) is 16.0 Å². The van der Waals surface area contributed by atoms with Crippen molar-refractivity contribution < 1.29 is 112 Å². The minimum Gasteiger partial charge on any atom is -0.508 e. The standard InChI is InChI=1S/C43H62N4O23S3/c1-15(2)39(60)67-18(5)43(63)17(4)66-27(10-26(43)64-9)69-33-31(52)35(42(62)11-24(51)29(44)28(34(42)53)38(58)59)68-25(12-65-21(8)50)32(33)70-40(61)30(16(3)72-13-22(36(54)55)45-19(6)48)47-41(71)73-14-23(37(56)57)46-20(7)49/h15-18,22-23,25-27,30-33,35,44,52-53,62-63H,10-14H2,1-9H3,(H,45,48)(H,46,49)(H,47,71)(H,54,55)(H,56,57)(H,58,59)/t16?,17-,18-,22-,23-,25+,26-,27-,30?,31+,32+,33-,35?,42+,43-/m0/s1. The molecule has 30 heteroatoms. The number of methoxy groups -OCH3 is 1. The number of carboxylic acids is 3. The fourth-order valence-corrected chi connectivity index (χ4v) is 10.1. The Balaban J connectivity index is 2.23. The summed E-state index contributed by atoms with van der Waals surface area (Å²) in [5, 5.41) is 91.2. The van der Waals surface area contributed by atoms with Crippen molar-refractivity contribution in [2.24, 2.45) is 5.92 Å². The summed E-state index contributed by atoms with van der Waals surface area (Å²) in [6.07, 6.45) is -18.1. The summed E-state index contributed by atoms with van der Waals surface area (Å²) in [6.45, 7) is 9.44. The Morgan fingerprint density at radius 2 is 1.47 bits per heavy atom. The minimum atomic E-state index is -3.19. The topological polar surface area (TPSA) is 420 Å². The minimum absolute atomic E-state index is 0.269. The van der Waals surface area contributed by atoms with E-state index < -0.39 is 186 Å². The number of amides is 2. The third-order valence-corrected chi connectivity index (χ3v) is 14.5. The predicted molar refractivity (Wildman–Crippen MR) is 255 cm³/mol. The van der Waals surface area contributed by atoms with Gasteiger partial charge in [-0.3, -0.25) is 29.4 Å². The molecule has 2 fully saturated rings. The van der Waals surface area contributed by atoms with Crippen molar-refractivity contribution in [3.63, 3.8) is 0 Å². The smallest absolute Gasteiger partial charge is 0.341 e. The van der Waals surface area contributed by atoms with Crippen LogP contribution in [0.2, 0.25) is 0 Å². The first-order valence-corrected chi connectivity index (χ1v) is 24.8. The van der Waals surface area contributed by atoms with E-state index in [9.17, 15) is 78.9 Å². The van der Waals surface area contributed by atoms with Crippen LogP contribution in [0.1, 0.15) is 68.2 Å². The molecule has 73 heavy (non-hydrogen) atoms. The molecule has 3 rings (SSSR count). The Morgan fingerprint density at radius 3 is 1.97 bits per heavy atom. The SMILES string of the molecule is CO[C@H]1C[C@H](O[C@@H]2[C@H](OC(=O)C(NC(=S)SC[C@H](NC(C)=O)C(=O)O)C(C)SC[C@H](NC(C)=O)C(=O)O)[C@@H](COC(C)=O)OC([C@@]3(O)CC(=O)C(=N)C(C(=O)O)=C3O)[C@@H]2O)O[C@@H](C)[C@]1(O)[C@H](C)OC(=O)C(C)C. The first kappa shape index (κ1) is 62.2. The van der Waals surface area contributed by atoms with Crippen molar-refractivity contribution in [1.29, 1.82) is 5.41 Å². The Morgan fingerprint density at radius 1 is 0.890 bits per heavy atom. The van der Waals surface area contributed by atoms with E-state index in [1.165, 1.54) is 27.9 Å². The van der Waals surface area contributed by atoms with E-state index in [0.29, 0.717) is 11.8 Å². The summed E-state index contributed by atoms with van der Waals surface area (Å²) >= 11 is 6.90. The quantitative estimate of drug-likeness (QED) is 0.0310. The molecule has 0 spiro atoms. The summed E-state index contributed by atoms with van der Waals surface area (Å²) in [6, 6.07) is -4.65. The van der Waals surface area contributed by atoms with Crippen LogP contribution in [0.15, 0.2) is 11.3 Å². The number of aliphatic hydroxyl groups is 4. The highest BCUT2D eigenvalue weighted by molar-refractivity contribution is 8.23. The average Bonchev–Trinajstić information content (AvgIpc) is 3.28. The van der Waals surface area contributed by atoms with Crippen LogP contribution in [0, 0.1) is 11.3 Å². The Bertz CT molecular complexity index is 2180. The normalized spacial score (nSPS) is 29.4. The van der Waals surface area contributed by atoms with Crippen molar-refractivity contribution in [2.75, 3.05) is 25.2 Å². The number of ether oxygens (including phenoxy) is 7. The molecule has 0 aromatic rings. The van der Waals surface area contributed by atoms with Gasteiger partial charge in [-0.2, -0.15) is 11.8 Å². The predicted octanol–water partition coefficient (Wildman–Crippen LogP) is -1.66. The molecule has 3 unspecified atom stereocenters. The number of esters is 3. The van der Waals surface area contributed by atoms with Crippen LogP contribution in [-0.2, 0) is 76.3 Å². The lowest BCUT2D eigenvalue weighted by Crippen LogP contribution is -2.70. The zero-order chi connectivity index (χ0) is 55.6. The lowest BCUT2D eigenvalue weighted by Gasteiger charge is -2.52. The molecule has 0 radical (unpaired) electrons. The van der Waals surface area contributed by atoms with E-state index in [1.54, 1.807) is 13.8 Å². The van der Waals surface area contributed by atoms with Crippen LogP contribution >= 0.6 is 35.7 Å². The first-order chi connectivity index (χ1) is 33.8. The fraction of sp³-hybridized carbons (Fsp3) is 0.698. The summed E-state index contributed by atoms with van der Waals surface area (Å²) in [5.41, 5.74) is -7.85. The number of nitrogens with one attached hydrogen (secondary N) is 4. The largest absolute Gasteiger partial charge is 0.508 e. The van der Waals surface area contributed by atoms with Gasteiger partial charge in [0.25, 0.3) is 0 Å². The third kappa shape index (κ3) is 15.5. The van der Waals surface area contributed by atoms with Gasteiger partial charge in [-0.05, 0) is 13.8 Å². The molecule has 0 bridgehead atoms. The maximum absolute atomic E-state index is 14.7. The van der Waals surface area contributed by atoms with Gasteiger partial charge in [0.1, 0.15) is 76.6 Å². The molecular weight excluding hydrogens is 1040 g/mol. The van der Waals surface area contributed by atoms with E-state index in [-0.39, 0.29) is 15.8 Å². The summed E-state index contributed by atoms with van der Waals surface area (Å²) in [4.78, 5) is 112. The average molecular weight is 1100 g/mol. The van der Waals surface area contributed by atoms with Gasteiger partial charge in [-0.1, -0.05) is 44.8 Å². The molecule has 3 aliphatic rings. The molecule has 410 valence electrons. The molecular formula is C43H62N4O23S3. The van der Waals surface area contributed by atoms with E-state index in [1.807, 2.05) is 0 Å².